The fraction of sp³-hybridized carbons (Fsp3) is 0.250. The Balaban J connectivity index is 0.00000253. The second-order valence-corrected chi connectivity index (χ2v) is 8.55. The molecule has 0 unspecified atom stereocenters. The van der Waals surface area contributed by atoms with Gasteiger partial charge in [-0.2, -0.15) is 4.57 Å². The van der Waals surface area contributed by atoms with Gasteiger partial charge in [0.15, 0.2) is 35.7 Å². The van der Waals surface area contributed by atoms with E-state index in [2.05, 4.69) is 41.1 Å². The number of fused-ring (bicyclic) bond motifs is 5. The van der Waals surface area contributed by atoms with Gasteiger partial charge in [0.25, 0.3) is 0 Å². The zero-order valence-electron chi connectivity index (χ0n) is 19.9. The third kappa shape index (κ3) is 3.84. The van der Waals surface area contributed by atoms with Gasteiger partial charge >= 0.3 is 0 Å². The highest BCUT2D eigenvalue weighted by atomic mass is 79.9. The maximum Gasteiger partial charge on any atom is 0.231 e. The molecule has 35 heavy (non-hydrogen) atoms. The molecule has 4 aromatic rings. The normalized spacial score (nSPS) is 13.0. The van der Waals surface area contributed by atoms with Crippen molar-refractivity contribution < 1.29 is 45.2 Å². The van der Waals surface area contributed by atoms with Gasteiger partial charge in [-0.05, 0) is 47.5 Å². The Labute approximate surface area is 214 Å². The van der Waals surface area contributed by atoms with Crippen LogP contribution in [-0.2, 0) is 19.4 Å². The summed E-state index contributed by atoms with van der Waals surface area (Å²) in [6.07, 6.45) is 3.88. The number of hydrogen-bond acceptors (Lipinski definition) is 5. The van der Waals surface area contributed by atoms with Crippen molar-refractivity contribution >= 4 is 10.8 Å². The van der Waals surface area contributed by atoms with Crippen LogP contribution in [0.2, 0.25) is 0 Å². The number of aromatic nitrogens is 1. The Hall–Kier alpha value is -3.45. The number of hydrogen-bond donors (Lipinski definition) is 0. The molecule has 1 aromatic heterocycles. The van der Waals surface area contributed by atoms with Gasteiger partial charge in [0.1, 0.15) is 5.75 Å². The first kappa shape index (κ1) is 23.3. The summed E-state index contributed by atoms with van der Waals surface area (Å²) < 4.78 is 30.5. The van der Waals surface area contributed by atoms with E-state index in [0.29, 0.717) is 0 Å². The van der Waals surface area contributed by atoms with E-state index in [9.17, 15) is 0 Å². The van der Waals surface area contributed by atoms with Gasteiger partial charge in [-0.3, -0.25) is 0 Å². The first-order chi connectivity index (χ1) is 16.7. The molecule has 6 nitrogen and oxygen atoms in total. The fourth-order valence-electron chi connectivity index (χ4n) is 5.14. The van der Waals surface area contributed by atoms with Gasteiger partial charge in [-0.25, -0.2) is 0 Å². The predicted molar refractivity (Wildman–Crippen MR) is 128 cm³/mol. The molecule has 0 spiro atoms. The molecule has 0 fully saturated rings. The minimum atomic E-state index is 0. The summed E-state index contributed by atoms with van der Waals surface area (Å²) in [5.74, 6) is 3.96. The van der Waals surface area contributed by atoms with Crippen LogP contribution in [-0.4, -0.2) is 28.1 Å². The Morgan fingerprint density at radius 2 is 1.63 bits per heavy atom. The van der Waals surface area contributed by atoms with Gasteiger partial charge in [0, 0.05) is 23.8 Å². The van der Waals surface area contributed by atoms with Crippen LogP contribution >= 0.6 is 0 Å². The molecule has 6 rings (SSSR count). The van der Waals surface area contributed by atoms with Crippen LogP contribution in [0.1, 0.15) is 16.7 Å². The van der Waals surface area contributed by atoms with Gasteiger partial charge in [0.2, 0.25) is 12.5 Å². The number of ether oxygens (including phenoxy) is 5. The lowest BCUT2D eigenvalue weighted by Crippen LogP contribution is -3.00. The first-order valence-corrected chi connectivity index (χ1v) is 11.4. The summed E-state index contributed by atoms with van der Waals surface area (Å²) in [6.45, 7) is 1.14. The third-order valence-corrected chi connectivity index (χ3v) is 6.78. The smallest absolute Gasteiger partial charge is 0.231 e. The average Bonchev–Trinajstić information content (AvgIpc) is 3.34. The largest absolute Gasteiger partial charge is 1.00 e. The maximum atomic E-state index is 5.81. The molecule has 0 saturated heterocycles. The first-order valence-electron chi connectivity index (χ1n) is 11.4. The highest BCUT2D eigenvalue weighted by Gasteiger charge is 2.32. The highest BCUT2D eigenvalue weighted by Crippen LogP contribution is 2.44. The average molecular weight is 536 g/mol. The SMILES string of the molecule is COc1ccc(Cc2c3[n+](cc4c(OC)c(OC)ccc24)CCc2cc4c(cc2-3)OCO4)cc1.[Br-]. The van der Waals surface area contributed by atoms with Crippen molar-refractivity contribution in [1.82, 2.24) is 0 Å². The molecule has 0 radical (unpaired) electrons. The molecule has 2 aliphatic heterocycles. The Kier molecular flexibility index (Phi) is 6.19. The zero-order chi connectivity index (χ0) is 23.2. The van der Waals surface area contributed by atoms with Crippen LogP contribution in [0.3, 0.4) is 0 Å². The number of halogens is 1. The zero-order valence-corrected chi connectivity index (χ0v) is 21.5. The summed E-state index contributed by atoms with van der Waals surface area (Å²) in [6, 6.07) is 16.7. The van der Waals surface area contributed by atoms with Crippen LogP contribution in [0.15, 0.2) is 54.7 Å². The molecule has 3 aromatic carbocycles. The quantitative estimate of drug-likeness (QED) is 0.364. The van der Waals surface area contributed by atoms with E-state index in [0.717, 1.165) is 58.9 Å². The lowest BCUT2D eigenvalue weighted by molar-refractivity contribution is -0.686. The minimum absolute atomic E-state index is 0. The van der Waals surface area contributed by atoms with Crippen molar-refractivity contribution in [1.29, 1.82) is 0 Å². The molecule has 180 valence electrons. The standard InChI is InChI=1S/C28H26NO5.BrH/c1-30-19-6-4-17(5-7-19)12-22-20-8-9-24(31-2)28(32-3)23(20)15-29-11-10-18-13-25-26(34-16-33-25)14-21(18)27(22)29;/h4-9,13-15H,10-12,16H2,1-3H3;1H/q+1;/p-1. The second kappa shape index (κ2) is 9.30. The monoisotopic (exact) mass is 535 g/mol. The Bertz CT molecular complexity index is 1420. The van der Waals surface area contributed by atoms with Crippen molar-refractivity contribution in [3.8, 4) is 40.0 Å². The van der Waals surface area contributed by atoms with E-state index < -0.39 is 0 Å². The summed E-state index contributed by atoms with van der Waals surface area (Å²) in [5, 5.41) is 2.18. The topological polar surface area (TPSA) is 50.0 Å². The molecular formula is C28H26BrNO5. The lowest BCUT2D eigenvalue weighted by Gasteiger charge is -2.21. The maximum absolute atomic E-state index is 5.81. The molecule has 0 bridgehead atoms. The van der Waals surface area contributed by atoms with Crippen LogP contribution < -0.4 is 45.2 Å². The number of pyridine rings is 1. The lowest BCUT2D eigenvalue weighted by atomic mass is 9.88. The molecule has 3 heterocycles. The van der Waals surface area contributed by atoms with E-state index in [1.54, 1.807) is 21.3 Å². The van der Waals surface area contributed by atoms with Crippen molar-refractivity contribution in [2.75, 3.05) is 28.1 Å². The van der Waals surface area contributed by atoms with Crippen LogP contribution in [0.4, 0.5) is 0 Å². The van der Waals surface area contributed by atoms with E-state index in [-0.39, 0.29) is 23.8 Å². The van der Waals surface area contributed by atoms with Gasteiger partial charge in [-0.15, -0.1) is 0 Å². The number of benzene rings is 3. The van der Waals surface area contributed by atoms with Gasteiger partial charge in [-0.1, -0.05) is 12.1 Å². The summed E-state index contributed by atoms with van der Waals surface area (Å²) in [4.78, 5) is 0. The minimum Gasteiger partial charge on any atom is -1.00 e. The number of aryl methyl sites for hydroxylation is 2. The fourth-order valence-corrected chi connectivity index (χ4v) is 5.14. The van der Waals surface area contributed by atoms with E-state index >= 15 is 0 Å². The van der Waals surface area contributed by atoms with Gasteiger partial charge in [0.05, 0.1) is 32.3 Å². The molecular weight excluding hydrogens is 510 g/mol. The number of nitrogens with zero attached hydrogens (tertiary/aromatic N) is 1. The van der Waals surface area contributed by atoms with Crippen molar-refractivity contribution in [2.45, 2.75) is 19.4 Å². The number of methoxy groups -OCH3 is 3. The van der Waals surface area contributed by atoms with E-state index in [1.165, 1.54) is 27.9 Å². The van der Waals surface area contributed by atoms with Crippen LogP contribution in [0.25, 0.3) is 22.0 Å². The summed E-state index contributed by atoms with van der Waals surface area (Å²) >= 11 is 0. The molecule has 0 atom stereocenters. The summed E-state index contributed by atoms with van der Waals surface area (Å²) in [5.41, 5.74) is 6.12. The van der Waals surface area contributed by atoms with Crippen LogP contribution in [0, 0.1) is 0 Å². The van der Waals surface area contributed by atoms with E-state index in [1.807, 2.05) is 18.2 Å². The predicted octanol–water partition coefficient (Wildman–Crippen LogP) is 1.70. The molecule has 0 N–H and O–H groups in total. The van der Waals surface area contributed by atoms with Crippen LogP contribution in [0.5, 0.6) is 28.7 Å². The molecule has 7 heteroatoms. The Morgan fingerprint density at radius 1 is 0.857 bits per heavy atom. The van der Waals surface area contributed by atoms with E-state index in [4.69, 9.17) is 23.7 Å². The Morgan fingerprint density at radius 3 is 2.34 bits per heavy atom. The second-order valence-electron chi connectivity index (χ2n) is 8.55. The molecule has 2 aliphatic rings. The van der Waals surface area contributed by atoms with Crippen molar-refractivity contribution in [3.05, 3.63) is 71.4 Å². The molecule has 0 aliphatic carbocycles. The summed E-state index contributed by atoms with van der Waals surface area (Å²) in [7, 11) is 5.06. The molecule has 0 saturated carbocycles. The number of rotatable bonds is 5. The van der Waals surface area contributed by atoms with Gasteiger partial charge < -0.3 is 40.7 Å². The highest BCUT2D eigenvalue weighted by molar-refractivity contribution is 5.95. The third-order valence-electron chi connectivity index (χ3n) is 6.78. The van der Waals surface area contributed by atoms with Crippen molar-refractivity contribution in [3.63, 3.8) is 0 Å². The van der Waals surface area contributed by atoms with Crippen molar-refractivity contribution in [2.24, 2.45) is 0 Å². The molecule has 0 amide bonds.